The molecule has 2 heterocycles. The Balaban J connectivity index is 1.89. The zero-order valence-electron chi connectivity index (χ0n) is 18.1. The maximum atomic E-state index is 13.3. The summed E-state index contributed by atoms with van der Waals surface area (Å²) in [5.41, 5.74) is 0.310. The number of carbonyl (C=O) groups is 2. The lowest BCUT2D eigenvalue weighted by Gasteiger charge is -2.34. The molecule has 0 radical (unpaired) electrons. The smallest absolute Gasteiger partial charge is 0.265 e. The van der Waals surface area contributed by atoms with Gasteiger partial charge in [-0.2, -0.15) is 4.31 Å². The predicted octanol–water partition coefficient (Wildman–Crippen LogP) is 1.99. The maximum absolute atomic E-state index is 13.3. The highest BCUT2D eigenvalue weighted by molar-refractivity contribution is 7.89. The lowest BCUT2D eigenvalue weighted by Crippen LogP contribution is -2.47. The van der Waals surface area contributed by atoms with E-state index in [0.717, 1.165) is 12.8 Å². The summed E-state index contributed by atoms with van der Waals surface area (Å²) >= 11 is 0. The van der Waals surface area contributed by atoms with Gasteiger partial charge in [-0.05, 0) is 49.8 Å². The second kappa shape index (κ2) is 8.93. The number of rotatable bonds is 6. The quantitative estimate of drug-likeness (QED) is 0.734. The second-order valence-corrected chi connectivity index (χ2v) is 10.5. The second-order valence-electron chi connectivity index (χ2n) is 8.54. The Morgan fingerprint density at radius 1 is 1.27 bits per heavy atom. The minimum Gasteiger partial charge on any atom is -0.482 e. The Morgan fingerprint density at radius 2 is 1.93 bits per heavy atom. The van der Waals surface area contributed by atoms with E-state index in [1.807, 2.05) is 13.8 Å². The molecule has 0 unspecified atom stereocenters. The van der Waals surface area contributed by atoms with Gasteiger partial charge in [-0.3, -0.25) is 14.5 Å². The number of fused-ring (bicyclic) bond motifs is 1. The van der Waals surface area contributed by atoms with Crippen molar-refractivity contribution in [1.29, 1.82) is 0 Å². The first-order chi connectivity index (χ1) is 14.1. The number of nitrogens with one attached hydrogen (secondary N) is 1. The summed E-state index contributed by atoms with van der Waals surface area (Å²) in [6, 6.07) is 4.50. The van der Waals surface area contributed by atoms with Gasteiger partial charge < -0.3 is 10.1 Å². The van der Waals surface area contributed by atoms with E-state index in [0.29, 0.717) is 24.5 Å². The summed E-state index contributed by atoms with van der Waals surface area (Å²) in [6.45, 7) is 8.53. The third-order valence-electron chi connectivity index (χ3n) is 5.67. The van der Waals surface area contributed by atoms with E-state index >= 15 is 0 Å². The molecule has 1 aromatic rings. The van der Waals surface area contributed by atoms with Gasteiger partial charge in [-0.15, -0.1) is 0 Å². The van der Waals surface area contributed by atoms with Crippen molar-refractivity contribution in [2.24, 2.45) is 11.8 Å². The molecule has 1 saturated heterocycles. The molecular weight excluding hydrogens is 406 g/mol. The Hall–Kier alpha value is -2.13. The first kappa shape index (κ1) is 22.6. The average molecular weight is 438 g/mol. The summed E-state index contributed by atoms with van der Waals surface area (Å²) < 4.78 is 33.5. The highest BCUT2D eigenvalue weighted by atomic mass is 32.2. The van der Waals surface area contributed by atoms with Crippen LogP contribution < -0.4 is 15.0 Å². The number of carbonyl (C=O) groups excluding carboxylic acids is 2. The summed E-state index contributed by atoms with van der Waals surface area (Å²) in [6.07, 6.45) is 1.77. The Kier molecular flexibility index (Phi) is 6.71. The van der Waals surface area contributed by atoms with Crippen molar-refractivity contribution in [3.63, 3.8) is 0 Å². The van der Waals surface area contributed by atoms with Crippen molar-refractivity contribution >= 4 is 27.5 Å². The van der Waals surface area contributed by atoms with Crippen molar-refractivity contribution in [3.05, 3.63) is 18.2 Å². The van der Waals surface area contributed by atoms with Crippen LogP contribution in [0.4, 0.5) is 5.69 Å². The summed E-state index contributed by atoms with van der Waals surface area (Å²) in [4.78, 5) is 26.2. The Bertz CT molecular complexity index is 907. The van der Waals surface area contributed by atoms with Crippen LogP contribution in [0, 0.1) is 11.8 Å². The fourth-order valence-corrected chi connectivity index (χ4v) is 5.73. The van der Waals surface area contributed by atoms with Crippen LogP contribution in [0.1, 0.15) is 40.5 Å². The van der Waals surface area contributed by atoms with Crippen LogP contribution in [-0.2, 0) is 19.6 Å². The standard InChI is InChI=1S/C21H31N3O5S/c1-5-16(4)22-20(25)12-24-18-9-17(6-7-19(18)29-13-21(24)26)30(27,28)23-10-14(2)8-15(3)11-23/h6-7,9,14-16H,5,8,10-13H2,1-4H3,(H,22,25)/t14-,15-,16-/m0/s1. The van der Waals surface area contributed by atoms with Crippen LogP contribution in [0.2, 0.25) is 0 Å². The zero-order valence-corrected chi connectivity index (χ0v) is 18.9. The molecule has 8 nitrogen and oxygen atoms in total. The van der Waals surface area contributed by atoms with Gasteiger partial charge in [0.25, 0.3) is 5.91 Å². The number of benzene rings is 1. The van der Waals surface area contributed by atoms with Crippen LogP contribution in [0.5, 0.6) is 5.75 Å². The van der Waals surface area contributed by atoms with Gasteiger partial charge in [0.15, 0.2) is 6.61 Å². The van der Waals surface area contributed by atoms with Crippen molar-refractivity contribution in [2.45, 2.75) is 51.5 Å². The van der Waals surface area contributed by atoms with Crippen LogP contribution >= 0.6 is 0 Å². The van der Waals surface area contributed by atoms with E-state index in [2.05, 4.69) is 19.2 Å². The molecule has 3 atom stereocenters. The van der Waals surface area contributed by atoms with Gasteiger partial charge in [-0.1, -0.05) is 20.8 Å². The molecule has 2 amide bonds. The number of hydrogen-bond donors (Lipinski definition) is 1. The van der Waals surface area contributed by atoms with Crippen molar-refractivity contribution < 1.29 is 22.7 Å². The van der Waals surface area contributed by atoms with Gasteiger partial charge in [0.05, 0.1) is 10.6 Å². The Morgan fingerprint density at radius 3 is 2.57 bits per heavy atom. The first-order valence-corrected chi connectivity index (χ1v) is 11.9. The topological polar surface area (TPSA) is 96.0 Å². The fraction of sp³-hybridized carbons (Fsp3) is 0.619. The van der Waals surface area contributed by atoms with E-state index in [4.69, 9.17) is 4.74 Å². The third kappa shape index (κ3) is 4.78. The molecule has 2 aliphatic rings. The maximum Gasteiger partial charge on any atom is 0.265 e. The van der Waals surface area contributed by atoms with Gasteiger partial charge in [-0.25, -0.2) is 8.42 Å². The van der Waals surface area contributed by atoms with Crippen LogP contribution in [-0.4, -0.2) is 56.8 Å². The number of hydrogen-bond acceptors (Lipinski definition) is 5. The van der Waals surface area contributed by atoms with Crippen LogP contribution in [0.3, 0.4) is 0 Å². The van der Waals surface area contributed by atoms with Crippen molar-refractivity contribution in [2.75, 3.05) is 31.1 Å². The SMILES string of the molecule is CC[C@H](C)NC(=O)CN1C(=O)COc2ccc(S(=O)(=O)N3C[C@@H](C)C[C@H](C)C3)cc21. The first-order valence-electron chi connectivity index (χ1n) is 10.5. The normalized spacial score (nSPS) is 23.5. The Labute approximate surface area is 178 Å². The number of nitrogens with zero attached hydrogens (tertiary/aromatic N) is 2. The number of amides is 2. The van der Waals surface area contributed by atoms with E-state index in [-0.39, 0.29) is 47.7 Å². The van der Waals surface area contributed by atoms with E-state index in [1.165, 1.54) is 21.3 Å². The molecule has 3 rings (SSSR count). The van der Waals surface area contributed by atoms with Gasteiger partial charge in [0.1, 0.15) is 12.3 Å². The summed E-state index contributed by atoms with van der Waals surface area (Å²) in [5, 5.41) is 2.83. The largest absolute Gasteiger partial charge is 0.482 e. The number of anilines is 1. The molecule has 0 aromatic heterocycles. The van der Waals surface area contributed by atoms with Crippen molar-refractivity contribution in [1.82, 2.24) is 9.62 Å². The molecule has 1 fully saturated rings. The number of ether oxygens (including phenoxy) is 1. The molecule has 0 aliphatic carbocycles. The average Bonchev–Trinajstić information content (AvgIpc) is 2.68. The molecule has 9 heteroatoms. The molecule has 1 N–H and O–H groups in total. The number of sulfonamides is 1. The van der Waals surface area contributed by atoms with Gasteiger partial charge in [0.2, 0.25) is 15.9 Å². The molecule has 0 saturated carbocycles. The minimum atomic E-state index is -3.71. The molecule has 30 heavy (non-hydrogen) atoms. The van der Waals surface area contributed by atoms with Crippen LogP contribution in [0.25, 0.3) is 0 Å². The number of piperidine rings is 1. The zero-order chi connectivity index (χ0) is 22.1. The van der Waals surface area contributed by atoms with Gasteiger partial charge >= 0.3 is 0 Å². The summed E-state index contributed by atoms with van der Waals surface area (Å²) in [7, 11) is -3.71. The van der Waals surface area contributed by atoms with Crippen molar-refractivity contribution in [3.8, 4) is 5.75 Å². The lowest BCUT2D eigenvalue weighted by molar-refractivity contribution is -0.125. The van der Waals surface area contributed by atoms with Crippen LogP contribution in [0.15, 0.2) is 23.1 Å². The lowest BCUT2D eigenvalue weighted by atomic mass is 9.94. The van der Waals surface area contributed by atoms with E-state index < -0.39 is 10.0 Å². The highest BCUT2D eigenvalue weighted by Gasteiger charge is 2.34. The van der Waals surface area contributed by atoms with E-state index in [9.17, 15) is 18.0 Å². The van der Waals surface area contributed by atoms with Gasteiger partial charge in [0, 0.05) is 19.1 Å². The molecule has 0 spiro atoms. The summed E-state index contributed by atoms with van der Waals surface area (Å²) in [5.74, 6) is 0.290. The molecule has 0 bridgehead atoms. The predicted molar refractivity (Wildman–Crippen MR) is 114 cm³/mol. The van der Waals surface area contributed by atoms with E-state index in [1.54, 1.807) is 6.07 Å². The minimum absolute atomic E-state index is 0.0112. The molecule has 2 aliphatic heterocycles. The third-order valence-corrected chi connectivity index (χ3v) is 7.50. The monoisotopic (exact) mass is 437 g/mol. The molecule has 1 aromatic carbocycles. The highest BCUT2D eigenvalue weighted by Crippen LogP contribution is 2.36. The fourth-order valence-electron chi connectivity index (χ4n) is 4.03. The molecule has 166 valence electrons. The molecular formula is C21H31N3O5S.